The molecule has 1 aliphatic rings. The van der Waals surface area contributed by atoms with Gasteiger partial charge in [-0.05, 0) is 72.9 Å². The van der Waals surface area contributed by atoms with Gasteiger partial charge in [-0.25, -0.2) is 8.42 Å². The number of hydrogen-bond donors (Lipinski definition) is 0. The van der Waals surface area contributed by atoms with Crippen LogP contribution < -0.4 is 0 Å². The predicted molar refractivity (Wildman–Crippen MR) is 147 cm³/mol. The Bertz CT molecular complexity index is 1320. The first-order valence-corrected chi connectivity index (χ1v) is 14.7. The molecular formula is C29H36N2O3S2. The maximum Gasteiger partial charge on any atom is 0.244 e. The predicted octanol–water partition coefficient (Wildman–Crippen LogP) is 6.01. The summed E-state index contributed by atoms with van der Waals surface area (Å²) in [7, 11) is -3.90. The van der Waals surface area contributed by atoms with Crippen LogP contribution in [0.4, 0.5) is 0 Å². The zero-order valence-electron chi connectivity index (χ0n) is 22.0. The van der Waals surface area contributed by atoms with Crippen molar-refractivity contribution in [3.63, 3.8) is 0 Å². The van der Waals surface area contributed by atoms with Crippen LogP contribution in [0.3, 0.4) is 0 Å². The molecule has 0 aliphatic carbocycles. The van der Waals surface area contributed by atoms with E-state index in [0.29, 0.717) is 6.54 Å². The van der Waals surface area contributed by atoms with Gasteiger partial charge in [0.2, 0.25) is 15.9 Å². The SMILES string of the molecule is CC(C)(C)c1ccc(S(=O)(=O)N(CC(=O)N2CCc3sccc3C2c2ccccc2)C(C)(C)C)cc1. The fourth-order valence-corrected chi connectivity index (χ4v) is 7.37. The van der Waals surface area contributed by atoms with Gasteiger partial charge >= 0.3 is 0 Å². The summed E-state index contributed by atoms with van der Waals surface area (Å²) in [4.78, 5) is 17.2. The smallest absolute Gasteiger partial charge is 0.244 e. The number of nitrogens with zero attached hydrogens (tertiary/aromatic N) is 2. The van der Waals surface area contributed by atoms with Crippen LogP contribution in [0.2, 0.25) is 0 Å². The molecule has 1 aliphatic heterocycles. The molecule has 1 aromatic heterocycles. The maximum absolute atomic E-state index is 13.9. The highest BCUT2D eigenvalue weighted by molar-refractivity contribution is 7.89. The number of rotatable bonds is 5. The molecule has 2 heterocycles. The van der Waals surface area contributed by atoms with Crippen LogP contribution in [-0.4, -0.2) is 42.2 Å². The summed E-state index contributed by atoms with van der Waals surface area (Å²) in [5.74, 6) is -0.189. The Kier molecular flexibility index (Phi) is 7.21. The minimum absolute atomic E-state index is 0.0802. The molecule has 0 bridgehead atoms. The van der Waals surface area contributed by atoms with Gasteiger partial charge in [-0.15, -0.1) is 11.3 Å². The Hall–Kier alpha value is -2.48. The molecule has 1 unspecified atom stereocenters. The number of hydrogen-bond acceptors (Lipinski definition) is 4. The lowest BCUT2D eigenvalue weighted by atomic mass is 9.87. The third-order valence-electron chi connectivity index (χ3n) is 6.74. The Labute approximate surface area is 219 Å². The highest BCUT2D eigenvalue weighted by Crippen LogP contribution is 2.38. The van der Waals surface area contributed by atoms with Crippen LogP contribution in [0.5, 0.6) is 0 Å². The van der Waals surface area contributed by atoms with Crippen molar-refractivity contribution in [1.29, 1.82) is 0 Å². The van der Waals surface area contributed by atoms with Crippen LogP contribution in [0, 0.1) is 0 Å². The largest absolute Gasteiger partial charge is 0.330 e. The molecule has 36 heavy (non-hydrogen) atoms. The summed E-state index contributed by atoms with van der Waals surface area (Å²) in [5.41, 5.74) is 2.37. The minimum Gasteiger partial charge on any atom is -0.330 e. The van der Waals surface area contributed by atoms with Crippen LogP contribution in [-0.2, 0) is 26.7 Å². The third kappa shape index (κ3) is 5.29. The zero-order valence-corrected chi connectivity index (χ0v) is 23.6. The summed E-state index contributed by atoms with van der Waals surface area (Å²) in [6.07, 6.45) is 0.776. The van der Waals surface area contributed by atoms with E-state index in [1.807, 2.05) is 68.1 Å². The summed E-state index contributed by atoms with van der Waals surface area (Å²) >= 11 is 1.72. The van der Waals surface area contributed by atoms with E-state index in [4.69, 9.17) is 0 Å². The number of carbonyl (C=O) groups excluding carboxylic acids is 1. The lowest BCUT2D eigenvalue weighted by molar-refractivity contribution is -0.134. The third-order valence-corrected chi connectivity index (χ3v) is 9.86. The molecule has 1 atom stereocenters. The van der Waals surface area contributed by atoms with Gasteiger partial charge < -0.3 is 4.90 Å². The Balaban J connectivity index is 1.67. The van der Waals surface area contributed by atoms with Gasteiger partial charge in [-0.3, -0.25) is 4.79 Å². The van der Waals surface area contributed by atoms with Crippen LogP contribution >= 0.6 is 11.3 Å². The average molecular weight is 525 g/mol. The average Bonchev–Trinajstić information content (AvgIpc) is 3.30. The molecule has 7 heteroatoms. The molecule has 4 rings (SSSR count). The first-order chi connectivity index (χ1) is 16.8. The Morgan fingerprint density at radius 1 is 0.972 bits per heavy atom. The van der Waals surface area contributed by atoms with E-state index < -0.39 is 15.6 Å². The molecule has 5 nitrogen and oxygen atoms in total. The quantitative estimate of drug-likeness (QED) is 0.411. The second-order valence-corrected chi connectivity index (χ2v) is 14.3. The molecule has 0 N–H and O–H groups in total. The van der Waals surface area contributed by atoms with Gasteiger partial charge in [0.1, 0.15) is 0 Å². The highest BCUT2D eigenvalue weighted by Gasteiger charge is 2.39. The van der Waals surface area contributed by atoms with Gasteiger partial charge in [0, 0.05) is 17.0 Å². The van der Waals surface area contributed by atoms with Crippen molar-refractivity contribution >= 4 is 27.3 Å². The second kappa shape index (κ2) is 9.77. The molecule has 0 radical (unpaired) electrons. The van der Waals surface area contributed by atoms with Crippen molar-refractivity contribution in [2.75, 3.05) is 13.1 Å². The molecule has 0 saturated carbocycles. The first kappa shape index (κ1) is 26.6. The van der Waals surface area contributed by atoms with E-state index in [1.54, 1.807) is 23.5 Å². The number of benzene rings is 2. The summed E-state index contributed by atoms with van der Waals surface area (Å²) in [5, 5.41) is 2.07. The normalized spacial score (nSPS) is 16.8. The number of fused-ring (bicyclic) bond motifs is 1. The topological polar surface area (TPSA) is 57.7 Å². The number of amides is 1. The molecular weight excluding hydrogens is 488 g/mol. The standard InChI is InChI=1S/C29H36N2O3S2/c1-28(2,3)22-12-14-23(15-13-22)36(33,34)31(29(4,5)6)20-26(32)30-18-16-25-24(17-19-35-25)27(30)21-10-8-7-9-11-21/h7-15,17,19,27H,16,18,20H2,1-6H3. The minimum atomic E-state index is -3.90. The van der Waals surface area contributed by atoms with E-state index in [0.717, 1.165) is 23.1 Å². The van der Waals surface area contributed by atoms with Crippen LogP contribution in [0.15, 0.2) is 70.9 Å². The molecule has 3 aromatic rings. The van der Waals surface area contributed by atoms with Gasteiger partial charge in [0.15, 0.2) is 0 Å². The fraction of sp³-hybridized carbons (Fsp3) is 0.414. The van der Waals surface area contributed by atoms with Gasteiger partial charge in [-0.1, -0.05) is 63.2 Å². The maximum atomic E-state index is 13.9. The van der Waals surface area contributed by atoms with Crippen molar-refractivity contribution < 1.29 is 13.2 Å². The zero-order chi connectivity index (χ0) is 26.3. The lowest BCUT2D eigenvalue weighted by Gasteiger charge is -2.40. The van der Waals surface area contributed by atoms with E-state index >= 15 is 0 Å². The summed E-state index contributed by atoms with van der Waals surface area (Å²) in [6, 6.07) is 18.9. The number of sulfonamides is 1. The van der Waals surface area contributed by atoms with Crippen molar-refractivity contribution in [3.05, 3.63) is 87.6 Å². The molecule has 1 amide bonds. The van der Waals surface area contributed by atoms with E-state index in [2.05, 4.69) is 32.2 Å². The van der Waals surface area contributed by atoms with Gasteiger partial charge in [0.25, 0.3) is 0 Å². The van der Waals surface area contributed by atoms with Crippen molar-refractivity contribution in [2.24, 2.45) is 0 Å². The van der Waals surface area contributed by atoms with Gasteiger partial charge in [0.05, 0.1) is 17.5 Å². The Morgan fingerprint density at radius 3 is 2.19 bits per heavy atom. The van der Waals surface area contributed by atoms with Crippen molar-refractivity contribution in [2.45, 2.75) is 69.9 Å². The van der Waals surface area contributed by atoms with E-state index in [-0.39, 0.29) is 28.8 Å². The molecule has 0 spiro atoms. The van der Waals surface area contributed by atoms with E-state index in [1.165, 1.54) is 9.18 Å². The lowest BCUT2D eigenvalue weighted by Crippen LogP contribution is -2.52. The fourth-order valence-electron chi connectivity index (χ4n) is 4.73. The van der Waals surface area contributed by atoms with Crippen LogP contribution in [0.1, 0.15) is 69.2 Å². The molecule has 0 saturated heterocycles. The highest BCUT2D eigenvalue weighted by atomic mass is 32.2. The molecule has 192 valence electrons. The van der Waals surface area contributed by atoms with Crippen LogP contribution in [0.25, 0.3) is 0 Å². The summed E-state index contributed by atoms with van der Waals surface area (Å²) in [6.45, 7) is 12.1. The molecule has 2 aromatic carbocycles. The molecule has 0 fully saturated rings. The van der Waals surface area contributed by atoms with Crippen molar-refractivity contribution in [1.82, 2.24) is 9.21 Å². The number of carbonyl (C=O) groups is 1. The second-order valence-electron chi connectivity index (χ2n) is 11.4. The van der Waals surface area contributed by atoms with E-state index in [9.17, 15) is 13.2 Å². The summed E-state index contributed by atoms with van der Waals surface area (Å²) < 4.78 is 29.0. The Morgan fingerprint density at radius 2 is 1.61 bits per heavy atom. The van der Waals surface area contributed by atoms with Gasteiger partial charge in [-0.2, -0.15) is 4.31 Å². The first-order valence-electron chi connectivity index (χ1n) is 12.3. The van der Waals surface area contributed by atoms with Crippen molar-refractivity contribution in [3.8, 4) is 0 Å². The number of thiophene rings is 1. The monoisotopic (exact) mass is 524 g/mol.